The third kappa shape index (κ3) is 8.35. The Hall–Kier alpha value is -4.31. The Labute approximate surface area is 269 Å². The molecule has 0 heterocycles. The first-order valence-corrected chi connectivity index (χ1v) is 16.0. The Morgan fingerprint density at radius 1 is 0.681 bits per heavy atom. The van der Waals surface area contributed by atoms with Crippen molar-refractivity contribution in [3.63, 3.8) is 0 Å². The smallest absolute Gasteiger partial charge is 0.453 e. The van der Waals surface area contributed by atoms with Gasteiger partial charge in [0.25, 0.3) is 0 Å². The zero-order valence-electron chi connectivity index (χ0n) is 25.7. The first kappa shape index (κ1) is 35.5. The lowest BCUT2D eigenvalue weighted by atomic mass is 9.67. The molecule has 4 rings (SSSR count). The van der Waals surface area contributed by atoms with Crippen LogP contribution < -0.4 is 4.74 Å². The molecular weight excluding hydrogens is 639 g/mol. The van der Waals surface area contributed by atoms with Crippen LogP contribution in [0.2, 0.25) is 0 Å². The Morgan fingerprint density at radius 2 is 1.15 bits per heavy atom. The quantitative estimate of drug-likeness (QED) is 0.0683. The van der Waals surface area contributed by atoms with Crippen molar-refractivity contribution in [2.24, 2.45) is 0 Å². The van der Waals surface area contributed by atoms with Gasteiger partial charge in [-0.15, -0.1) is 0 Å². The van der Waals surface area contributed by atoms with Gasteiger partial charge in [0.2, 0.25) is 0 Å². The Morgan fingerprint density at radius 3 is 1.62 bits per heavy atom. The van der Waals surface area contributed by atoms with Crippen LogP contribution >= 0.6 is 7.60 Å². The molecule has 0 aliphatic heterocycles. The summed E-state index contributed by atoms with van der Waals surface area (Å²) in [5.74, 6) is -2.49. The van der Waals surface area contributed by atoms with E-state index in [2.05, 4.69) is 4.74 Å². The second-order valence-corrected chi connectivity index (χ2v) is 13.7. The van der Waals surface area contributed by atoms with E-state index in [0.717, 1.165) is 12.1 Å². The van der Waals surface area contributed by atoms with Crippen LogP contribution in [0.15, 0.2) is 109 Å². The monoisotopic (exact) mass is 672 g/mol. The molecule has 0 aliphatic carbocycles. The van der Waals surface area contributed by atoms with E-state index < -0.39 is 41.9 Å². The molecule has 12 heteroatoms. The highest BCUT2D eigenvalue weighted by molar-refractivity contribution is 7.52. The highest BCUT2D eigenvalue weighted by Crippen LogP contribution is 2.59. The van der Waals surface area contributed by atoms with Crippen LogP contribution in [0.1, 0.15) is 53.4 Å². The van der Waals surface area contributed by atoms with E-state index in [9.17, 15) is 31.7 Å². The molecule has 47 heavy (non-hydrogen) atoms. The Balaban J connectivity index is 1.75. The Bertz CT molecular complexity index is 1740. The average Bonchev–Trinajstić information content (AvgIpc) is 3.01. The molecule has 0 fully saturated rings. The van der Waals surface area contributed by atoms with E-state index in [-0.39, 0.29) is 24.4 Å². The molecule has 0 aromatic heterocycles. The minimum absolute atomic E-state index is 0.0217. The standard InChI is InChI=1S/C35H33F4O7P/c1-32(2,3)46-31(41)34(36,37)45-29-20-16-25(17-21-29)23-33(27-12-8-5-9-13-27,30(40)26-10-6-4-7-11-26)22-24-14-18-28(19-15-24)35(38,39)47(42,43)44/h4-21H,22-23H2,1-3H3,(H2,42,43,44). The van der Waals surface area contributed by atoms with Crippen LogP contribution in [0.5, 0.6) is 5.75 Å². The van der Waals surface area contributed by atoms with Gasteiger partial charge >= 0.3 is 25.3 Å². The Kier molecular flexibility index (Phi) is 10.2. The van der Waals surface area contributed by atoms with E-state index in [0.29, 0.717) is 22.3 Å². The molecular formula is C35H33F4O7P. The second-order valence-electron chi connectivity index (χ2n) is 12.0. The molecule has 1 unspecified atom stereocenters. The van der Waals surface area contributed by atoms with Crippen molar-refractivity contribution in [2.75, 3.05) is 0 Å². The van der Waals surface area contributed by atoms with Gasteiger partial charge in [-0.2, -0.15) is 17.6 Å². The highest BCUT2D eigenvalue weighted by atomic mass is 31.2. The predicted octanol–water partition coefficient (Wildman–Crippen LogP) is 7.83. The maximum absolute atomic E-state index is 14.5. The summed E-state index contributed by atoms with van der Waals surface area (Å²) in [5.41, 5.74) is -5.94. The predicted molar refractivity (Wildman–Crippen MR) is 167 cm³/mol. The van der Waals surface area contributed by atoms with Crippen LogP contribution in [0.3, 0.4) is 0 Å². The fourth-order valence-electron chi connectivity index (χ4n) is 5.07. The lowest BCUT2D eigenvalue weighted by Crippen LogP contribution is -2.41. The molecule has 4 aromatic carbocycles. The highest BCUT2D eigenvalue weighted by Gasteiger charge is 2.50. The SMILES string of the molecule is CC(C)(C)OC(=O)C(F)(F)Oc1ccc(CC(Cc2ccc(C(F)(F)P(=O)(O)O)cc2)(C(=O)c2ccccc2)c2ccccc2)cc1. The van der Waals surface area contributed by atoms with Crippen molar-refractivity contribution in [2.45, 2.75) is 56.4 Å². The molecule has 0 aliphatic rings. The van der Waals surface area contributed by atoms with Gasteiger partial charge in [0, 0.05) is 11.1 Å². The number of benzene rings is 4. The largest absolute Gasteiger partial charge is 0.502 e. The number of esters is 1. The summed E-state index contributed by atoms with van der Waals surface area (Å²) in [6.07, 6.45) is -4.27. The van der Waals surface area contributed by atoms with Crippen molar-refractivity contribution in [1.82, 2.24) is 0 Å². The van der Waals surface area contributed by atoms with Crippen LogP contribution in [-0.4, -0.2) is 33.2 Å². The summed E-state index contributed by atoms with van der Waals surface area (Å²) in [6.45, 7) is 4.33. The molecule has 0 saturated carbocycles. The zero-order chi connectivity index (χ0) is 34.7. The molecule has 0 amide bonds. The van der Waals surface area contributed by atoms with Gasteiger partial charge in [-0.1, -0.05) is 97.1 Å². The number of rotatable bonds is 12. The minimum atomic E-state index is -5.80. The zero-order valence-corrected chi connectivity index (χ0v) is 26.6. The van der Waals surface area contributed by atoms with Crippen molar-refractivity contribution >= 4 is 19.3 Å². The fraction of sp³-hybridized carbons (Fsp3) is 0.257. The van der Waals surface area contributed by atoms with E-state index in [1.54, 1.807) is 60.7 Å². The number of Topliss-reactive ketones (excluding diaryl/α,β-unsaturated/α-hetero) is 1. The minimum Gasteiger partial charge on any atom is -0.453 e. The molecule has 248 valence electrons. The first-order chi connectivity index (χ1) is 21.8. The van der Waals surface area contributed by atoms with Gasteiger partial charge in [0.15, 0.2) is 5.78 Å². The fourth-order valence-corrected chi connectivity index (χ4v) is 5.56. The summed E-state index contributed by atoms with van der Waals surface area (Å²) in [4.78, 5) is 44.8. The maximum atomic E-state index is 14.5. The van der Waals surface area contributed by atoms with Gasteiger partial charge in [-0.3, -0.25) is 9.36 Å². The lowest BCUT2D eigenvalue weighted by Gasteiger charge is -2.34. The van der Waals surface area contributed by atoms with Gasteiger partial charge in [-0.05, 0) is 62.4 Å². The van der Waals surface area contributed by atoms with Gasteiger partial charge in [0.1, 0.15) is 11.4 Å². The maximum Gasteiger partial charge on any atom is 0.502 e. The van der Waals surface area contributed by atoms with Gasteiger partial charge in [0.05, 0.1) is 5.41 Å². The number of ketones is 1. The molecule has 0 radical (unpaired) electrons. The van der Waals surface area contributed by atoms with E-state index in [4.69, 9.17) is 14.5 Å². The van der Waals surface area contributed by atoms with Crippen LogP contribution in [0.4, 0.5) is 17.6 Å². The van der Waals surface area contributed by atoms with Gasteiger partial charge in [-0.25, -0.2) is 4.79 Å². The third-order valence-electron chi connectivity index (χ3n) is 7.28. The molecule has 2 N–H and O–H groups in total. The van der Waals surface area contributed by atoms with Crippen molar-refractivity contribution < 1.29 is 51.0 Å². The van der Waals surface area contributed by atoms with Crippen LogP contribution in [0, 0.1) is 0 Å². The number of ether oxygens (including phenoxy) is 2. The van der Waals surface area contributed by atoms with Gasteiger partial charge < -0.3 is 19.3 Å². The number of hydrogen-bond acceptors (Lipinski definition) is 5. The third-order valence-corrected chi connectivity index (χ3v) is 8.27. The molecule has 4 aromatic rings. The summed E-state index contributed by atoms with van der Waals surface area (Å²) < 4.78 is 78.6. The van der Waals surface area contributed by atoms with E-state index in [1.165, 1.54) is 57.2 Å². The number of alkyl halides is 4. The summed E-state index contributed by atoms with van der Waals surface area (Å²) >= 11 is 0. The van der Waals surface area contributed by atoms with Crippen LogP contribution in [0.25, 0.3) is 0 Å². The lowest BCUT2D eigenvalue weighted by molar-refractivity contribution is -0.226. The van der Waals surface area contributed by atoms with Crippen molar-refractivity contribution in [3.05, 3.63) is 137 Å². The van der Waals surface area contributed by atoms with Crippen LogP contribution in [-0.2, 0) is 38.0 Å². The van der Waals surface area contributed by atoms with Crippen molar-refractivity contribution in [3.8, 4) is 5.75 Å². The molecule has 7 nitrogen and oxygen atoms in total. The van der Waals surface area contributed by atoms with Crippen molar-refractivity contribution in [1.29, 1.82) is 0 Å². The second kappa shape index (κ2) is 13.4. The molecule has 0 bridgehead atoms. The first-order valence-electron chi connectivity index (χ1n) is 14.4. The summed E-state index contributed by atoms with van der Waals surface area (Å²) in [6, 6.07) is 26.9. The molecule has 0 spiro atoms. The normalized spacial score (nSPS) is 13.8. The number of carbonyl (C=O) groups is 2. The molecule has 1 atom stereocenters. The average molecular weight is 673 g/mol. The summed E-state index contributed by atoms with van der Waals surface area (Å²) in [5, 5.41) is 0. The van der Waals surface area contributed by atoms with E-state index >= 15 is 0 Å². The number of carbonyl (C=O) groups excluding carboxylic acids is 2. The topological polar surface area (TPSA) is 110 Å². The molecule has 0 saturated heterocycles. The van der Waals surface area contributed by atoms with E-state index in [1.807, 2.05) is 0 Å². The summed E-state index contributed by atoms with van der Waals surface area (Å²) in [7, 11) is -5.80. The number of halogens is 4. The number of hydrogen-bond donors (Lipinski definition) is 2.